The molecule has 0 aliphatic heterocycles. The first kappa shape index (κ1) is 7.24. The molecule has 2 rings (SSSR count). The van der Waals surface area contributed by atoms with Gasteiger partial charge in [-0.25, -0.2) is 0 Å². The lowest BCUT2D eigenvalue weighted by Crippen LogP contribution is -1.81. The molecule has 0 unspecified atom stereocenters. The van der Waals surface area contributed by atoms with Gasteiger partial charge in [-0.2, -0.15) is 4.98 Å². The second kappa shape index (κ2) is 2.57. The minimum Gasteiger partial charge on any atom is -0.415 e. The number of benzene rings is 1. The van der Waals surface area contributed by atoms with Gasteiger partial charge in [0.1, 0.15) is 5.52 Å². The first-order valence-corrected chi connectivity index (χ1v) is 3.45. The van der Waals surface area contributed by atoms with E-state index in [-0.39, 0.29) is 6.61 Å². The van der Waals surface area contributed by atoms with Gasteiger partial charge in [0.15, 0.2) is 5.58 Å². The van der Waals surface area contributed by atoms with Gasteiger partial charge in [-0.3, -0.25) is 0 Å². The van der Waals surface area contributed by atoms with Crippen molar-refractivity contribution in [1.29, 1.82) is 0 Å². The van der Waals surface area contributed by atoms with Crippen LogP contribution in [0.5, 0.6) is 0 Å². The summed E-state index contributed by atoms with van der Waals surface area (Å²) in [6.45, 7) is -0.0789. The largest absolute Gasteiger partial charge is 0.415 e. The van der Waals surface area contributed by atoms with E-state index in [9.17, 15) is 4.39 Å². The fourth-order valence-corrected chi connectivity index (χ4v) is 1.04. The molecule has 1 heterocycles. The number of aromatic nitrogens is 1. The molecule has 0 bridgehead atoms. The summed E-state index contributed by atoms with van der Waals surface area (Å²) in [5.41, 5.74) is 1.51. The Morgan fingerprint density at radius 1 is 1.50 bits per heavy atom. The van der Waals surface area contributed by atoms with Crippen molar-refractivity contribution in [2.24, 2.45) is 0 Å². The highest BCUT2D eigenvalue weighted by molar-refractivity contribution is 5.72. The minimum atomic E-state index is -0.847. The number of nitrogens with zero attached hydrogens (tertiary/aromatic N) is 1. The molecule has 0 saturated carbocycles. The summed E-state index contributed by atoms with van der Waals surface area (Å²) in [5, 5.41) is 8.75. The molecule has 0 saturated heterocycles. The van der Waals surface area contributed by atoms with Gasteiger partial charge in [-0.15, -0.1) is 4.39 Å². The first-order chi connectivity index (χ1) is 5.79. The van der Waals surface area contributed by atoms with Crippen LogP contribution in [-0.4, -0.2) is 10.1 Å². The van der Waals surface area contributed by atoms with E-state index in [0.717, 1.165) is 0 Å². The molecule has 1 aromatic heterocycles. The van der Waals surface area contributed by atoms with E-state index in [1.54, 1.807) is 18.2 Å². The Morgan fingerprint density at radius 3 is 3.08 bits per heavy atom. The lowest BCUT2D eigenvalue weighted by Gasteiger charge is -1.91. The van der Waals surface area contributed by atoms with Gasteiger partial charge in [0.25, 0.3) is 0 Å². The van der Waals surface area contributed by atoms with E-state index in [1.165, 1.54) is 0 Å². The number of hydrogen-bond acceptors (Lipinski definition) is 3. The molecule has 1 aromatic carbocycles. The highest BCUT2D eigenvalue weighted by Gasteiger charge is 2.04. The summed E-state index contributed by atoms with van der Waals surface area (Å²) < 4.78 is 17.0. The zero-order valence-electron chi connectivity index (χ0n) is 6.12. The molecule has 4 heteroatoms. The Morgan fingerprint density at radius 2 is 2.33 bits per heavy atom. The predicted octanol–water partition coefficient (Wildman–Crippen LogP) is 1.46. The minimum absolute atomic E-state index is 0.0789. The second-order valence-corrected chi connectivity index (χ2v) is 2.43. The third kappa shape index (κ3) is 1.06. The third-order valence-electron chi connectivity index (χ3n) is 1.61. The summed E-state index contributed by atoms with van der Waals surface area (Å²) >= 11 is 0. The smallest absolute Gasteiger partial charge is 0.382 e. The van der Waals surface area contributed by atoms with Crippen LogP contribution in [0.4, 0.5) is 4.39 Å². The summed E-state index contributed by atoms with van der Waals surface area (Å²) in [4.78, 5) is 3.48. The number of halogens is 1. The summed E-state index contributed by atoms with van der Waals surface area (Å²) in [6.07, 6.45) is -0.847. The SMILES string of the molecule is OCc1ccc2oc(F)nc2c1. The normalized spacial score (nSPS) is 10.8. The molecule has 1 N–H and O–H groups in total. The molecule has 0 aliphatic carbocycles. The molecule has 0 aliphatic rings. The molecule has 0 amide bonds. The summed E-state index contributed by atoms with van der Waals surface area (Å²) in [6, 6.07) is 4.83. The first-order valence-electron chi connectivity index (χ1n) is 3.45. The van der Waals surface area contributed by atoms with Gasteiger partial charge in [-0.05, 0) is 17.7 Å². The fraction of sp³-hybridized carbons (Fsp3) is 0.125. The second-order valence-electron chi connectivity index (χ2n) is 2.43. The average Bonchev–Trinajstić information content (AvgIpc) is 2.43. The number of rotatable bonds is 1. The van der Waals surface area contributed by atoms with Gasteiger partial charge in [0.2, 0.25) is 0 Å². The zero-order chi connectivity index (χ0) is 8.55. The molecule has 2 aromatic rings. The monoisotopic (exact) mass is 167 g/mol. The van der Waals surface area contributed by atoms with E-state index in [4.69, 9.17) is 5.11 Å². The van der Waals surface area contributed by atoms with Gasteiger partial charge in [-0.1, -0.05) is 6.07 Å². The molecule has 3 nitrogen and oxygen atoms in total. The molecule has 12 heavy (non-hydrogen) atoms. The van der Waals surface area contributed by atoms with E-state index < -0.39 is 6.14 Å². The van der Waals surface area contributed by atoms with Crippen LogP contribution >= 0.6 is 0 Å². The highest BCUT2D eigenvalue weighted by atomic mass is 19.1. The number of fused-ring (bicyclic) bond motifs is 1. The zero-order valence-corrected chi connectivity index (χ0v) is 6.12. The summed E-state index contributed by atoms with van der Waals surface area (Å²) in [7, 11) is 0. The van der Waals surface area contributed by atoms with Crippen LogP contribution < -0.4 is 0 Å². The van der Waals surface area contributed by atoms with E-state index in [2.05, 4.69) is 9.40 Å². The molecule has 0 atom stereocenters. The Bertz CT molecular complexity index is 410. The Kier molecular flexibility index (Phi) is 1.55. The van der Waals surface area contributed by atoms with Crippen LogP contribution in [0.2, 0.25) is 0 Å². The van der Waals surface area contributed by atoms with Gasteiger partial charge in [0, 0.05) is 0 Å². The Balaban J connectivity index is 2.66. The number of aliphatic hydroxyl groups excluding tert-OH is 1. The van der Waals surface area contributed by atoms with Crippen LogP contribution in [0.1, 0.15) is 5.56 Å². The van der Waals surface area contributed by atoms with Crippen molar-refractivity contribution >= 4 is 11.1 Å². The Labute approximate surface area is 67.5 Å². The summed E-state index contributed by atoms with van der Waals surface area (Å²) in [5.74, 6) is 0. The van der Waals surface area contributed by atoms with E-state index in [0.29, 0.717) is 16.7 Å². The topological polar surface area (TPSA) is 46.3 Å². The molecular formula is C8H6FNO2. The predicted molar refractivity (Wildman–Crippen MR) is 39.9 cm³/mol. The van der Waals surface area contributed by atoms with Crippen molar-refractivity contribution in [3.8, 4) is 0 Å². The number of aliphatic hydroxyl groups is 1. The quantitative estimate of drug-likeness (QED) is 0.699. The molecule has 0 fully saturated rings. The van der Waals surface area contributed by atoms with Crippen LogP contribution in [0.15, 0.2) is 22.6 Å². The maximum Gasteiger partial charge on any atom is 0.382 e. The maximum absolute atomic E-state index is 12.4. The molecule has 0 spiro atoms. The lowest BCUT2D eigenvalue weighted by atomic mass is 10.2. The van der Waals surface area contributed by atoms with Crippen molar-refractivity contribution in [3.63, 3.8) is 0 Å². The van der Waals surface area contributed by atoms with E-state index >= 15 is 0 Å². The van der Waals surface area contributed by atoms with Gasteiger partial charge < -0.3 is 9.52 Å². The van der Waals surface area contributed by atoms with E-state index in [1.807, 2.05) is 0 Å². The van der Waals surface area contributed by atoms with Crippen molar-refractivity contribution in [1.82, 2.24) is 4.98 Å². The van der Waals surface area contributed by atoms with Crippen molar-refractivity contribution in [2.45, 2.75) is 6.61 Å². The van der Waals surface area contributed by atoms with Crippen molar-refractivity contribution in [2.75, 3.05) is 0 Å². The van der Waals surface area contributed by atoms with Crippen molar-refractivity contribution < 1.29 is 13.9 Å². The molecule has 62 valence electrons. The van der Waals surface area contributed by atoms with Crippen LogP contribution in [0.3, 0.4) is 0 Å². The van der Waals surface area contributed by atoms with Crippen LogP contribution in [0, 0.1) is 6.14 Å². The lowest BCUT2D eigenvalue weighted by molar-refractivity contribution is 0.282. The molecule has 0 radical (unpaired) electrons. The van der Waals surface area contributed by atoms with Gasteiger partial charge in [0.05, 0.1) is 6.61 Å². The maximum atomic E-state index is 12.4. The number of oxazole rings is 1. The highest BCUT2D eigenvalue weighted by Crippen LogP contribution is 2.15. The van der Waals surface area contributed by atoms with Gasteiger partial charge >= 0.3 is 6.14 Å². The number of hydrogen-bond donors (Lipinski definition) is 1. The standard InChI is InChI=1S/C8H6FNO2/c9-8-10-6-3-5(4-11)1-2-7(6)12-8/h1-3,11H,4H2. The van der Waals surface area contributed by atoms with Crippen molar-refractivity contribution in [3.05, 3.63) is 29.9 Å². The fourth-order valence-electron chi connectivity index (χ4n) is 1.04. The average molecular weight is 167 g/mol. The van der Waals surface area contributed by atoms with Crippen LogP contribution in [-0.2, 0) is 6.61 Å². The molecular weight excluding hydrogens is 161 g/mol. The van der Waals surface area contributed by atoms with Crippen LogP contribution in [0.25, 0.3) is 11.1 Å². The Hall–Kier alpha value is -1.42. The third-order valence-corrected chi connectivity index (χ3v) is 1.61.